The molecule has 1 aliphatic heterocycles. The molecule has 1 heterocycles. The first-order chi connectivity index (χ1) is 8.67. The Morgan fingerprint density at radius 1 is 1.44 bits per heavy atom. The van der Waals surface area contributed by atoms with Gasteiger partial charge in [0.05, 0.1) is 7.11 Å². The SMILES string of the molecule is COc1ccc(C(=O)N2CCC(C)C2CN)cc1. The molecule has 1 saturated heterocycles. The van der Waals surface area contributed by atoms with Crippen LogP contribution in [-0.4, -0.2) is 37.0 Å². The first-order valence-corrected chi connectivity index (χ1v) is 6.32. The number of carbonyl (C=O) groups is 1. The number of nitrogens with zero attached hydrogens (tertiary/aromatic N) is 1. The highest BCUT2D eigenvalue weighted by Gasteiger charge is 2.33. The maximum absolute atomic E-state index is 12.4. The molecule has 0 aliphatic carbocycles. The summed E-state index contributed by atoms with van der Waals surface area (Å²) in [7, 11) is 1.61. The van der Waals surface area contributed by atoms with Crippen LogP contribution in [0.4, 0.5) is 0 Å². The Morgan fingerprint density at radius 2 is 2.11 bits per heavy atom. The zero-order valence-electron chi connectivity index (χ0n) is 10.9. The van der Waals surface area contributed by atoms with Crippen LogP contribution in [0.3, 0.4) is 0 Å². The molecule has 0 spiro atoms. The van der Waals surface area contributed by atoms with Gasteiger partial charge in [-0.05, 0) is 36.6 Å². The van der Waals surface area contributed by atoms with Crippen LogP contribution in [0, 0.1) is 5.92 Å². The summed E-state index contributed by atoms with van der Waals surface area (Å²) in [5.74, 6) is 1.31. The van der Waals surface area contributed by atoms with Gasteiger partial charge in [-0.25, -0.2) is 0 Å². The molecule has 1 aromatic rings. The van der Waals surface area contributed by atoms with Crippen LogP contribution in [0.15, 0.2) is 24.3 Å². The van der Waals surface area contributed by atoms with Gasteiger partial charge < -0.3 is 15.4 Å². The molecule has 2 unspecified atom stereocenters. The molecule has 1 fully saturated rings. The van der Waals surface area contributed by atoms with Crippen molar-refractivity contribution in [2.45, 2.75) is 19.4 Å². The van der Waals surface area contributed by atoms with Crippen LogP contribution in [0.25, 0.3) is 0 Å². The third kappa shape index (κ3) is 2.34. The van der Waals surface area contributed by atoms with E-state index in [0.29, 0.717) is 18.0 Å². The Bertz CT molecular complexity index is 416. The maximum atomic E-state index is 12.4. The van der Waals surface area contributed by atoms with E-state index in [0.717, 1.165) is 18.7 Å². The minimum atomic E-state index is 0.0671. The van der Waals surface area contributed by atoms with Crippen molar-refractivity contribution >= 4 is 5.91 Å². The predicted molar refractivity (Wildman–Crippen MR) is 70.7 cm³/mol. The van der Waals surface area contributed by atoms with E-state index in [1.807, 2.05) is 17.0 Å². The van der Waals surface area contributed by atoms with Crippen LogP contribution in [-0.2, 0) is 0 Å². The minimum absolute atomic E-state index is 0.0671. The fourth-order valence-corrected chi connectivity index (χ4v) is 2.52. The van der Waals surface area contributed by atoms with E-state index >= 15 is 0 Å². The fraction of sp³-hybridized carbons (Fsp3) is 0.500. The Kier molecular flexibility index (Phi) is 3.87. The van der Waals surface area contributed by atoms with Crippen molar-refractivity contribution in [1.82, 2.24) is 4.90 Å². The number of benzene rings is 1. The number of amides is 1. The van der Waals surface area contributed by atoms with Gasteiger partial charge in [-0.15, -0.1) is 0 Å². The number of rotatable bonds is 3. The summed E-state index contributed by atoms with van der Waals surface area (Å²) in [6.07, 6.45) is 1.03. The molecule has 2 atom stereocenters. The van der Waals surface area contributed by atoms with Crippen molar-refractivity contribution in [2.24, 2.45) is 11.7 Å². The van der Waals surface area contributed by atoms with E-state index in [4.69, 9.17) is 10.5 Å². The first kappa shape index (κ1) is 12.9. The van der Waals surface area contributed by atoms with Gasteiger partial charge in [0, 0.05) is 24.7 Å². The molecule has 2 N–H and O–H groups in total. The number of hydrogen-bond donors (Lipinski definition) is 1. The minimum Gasteiger partial charge on any atom is -0.497 e. The van der Waals surface area contributed by atoms with E-state index < -0.39 is 0 Å². The number of hydrogen-bond acceptors (Lipinski definition) is 3. The fourth-order valence-electron chi connectivity index (χ4n) is 2.52. The highest BCUT2D eigenvalue weighted by molar-refractivity contribution is 5.94. The second kappa shape index (κ2) is 5.40. The van der Waals surface area contributed by atoms with Gasteiger partial charge in [-0.1, -0.05) is 6.92 Å². The molecule has 4 nitrogen and oxygen atoms in total. The van der Waals surface area contributed by atoms with Crippen LogP contribution < -0.4 is 10.5 Å². The van der Waals surface area contributed by atoms with Crippen molar-refractivity contribution in [1.29, 1.82) is 0 Å². The van der Waals surface area contributed by atoms with E-state index in [1.165, 1.54) is 0 Å². The molecule has 98 valence electrons. The molecular weight excluding hydrogens is 228 g/mol. The van der Waals surface area contributed by atoms with Crippen molar-refractivity contribution in [2.75, 3.05) is 20.2 Å². The Morgan fingerprint density at radius 3 is 2.67 bits per heavy atom. The van der Waals surface area contributed by atoms with Crippen molar-refractivity contribution in [3.63, 3.8) is 0 Å². The smallest absolute Gasteiger partial charge is 0.254 e. The predicted octanol–water partition coefficient (Wildman–Crippen LogP) is 1.50. The van der Waals surface area contributed by atoms with E-state index in [-0.39, 0.29) is 11.9 Å². The molecule has 1 amide bonds. The molecule has 0 saturated carbocycles. The third-order valence-electron chi connectivity index (χ3n) is 3.72. The molecule has 4 heteroatoms. The average Bonchev–Trinajstić information content (AvgIpc) is 2.79. The van der Waals surface area contributed by atoms with Crippen molar-refractivity contribution in [3.05, 3.63) is 29.8 Å². The monoisotopic (exact) mass is 248 g/mol. The summed E-state index contributed by atoms with van der Waals surface area (Å²) < 4.78 is 5.09. The zero-order chi connectivity index (χ0) is 13.1. The van der Waals surface area contributed by atoms with Gasteiger partial charge in [0.15, 0.2) is 0 Å². The van der Waals surface area contributed by atoms with Crippen molar-refractivity contribution in [3.8, 4) is 5.75 Å². The summed E-state index contributed by atoms with van der Waals surface area (Å²) in [5, 5.41) is 0. The second-order valence-electron chi connectivity index (χ2n) is 4.80. The summed E-state index contributed by atoms with van der Waals surface area (Å²) >= 11 is 0. The molecule has 0 bridgehead atoms. The lowest BCUT2D eigenvalue weighted by Gasteiger charge is -2.25. The molecule has 0 aromatic heterocycles. The zero-order valence-corrected chi connectivity index (χ0v) is 10.9. The van der Waals surface area contributed by atoms with Gasteiger partial charge in [0.1, 0.15) is 5.75 Å². The van der Waals surface area contributed by atoms with Gasteiger partial charge in [-0.2, -0.15) is 0 Å². The highest BCUT2D eigenvalue weighted by Crippen LogP contribution is 2.25. The molecule has 2 rings (SSSR count). The van der Waals surface area contributed by atoms with E-state index in [1.54, 1.807) is 19.2 Å². The number of nitrogens with two attached hydrogens (primary N) is 1. The molecule has 1 aliphatic rings. The number of ether oxygens (including phenoxy) is 1. The lowest BCUT2D eigenvalue weighted by Crippen LogP contribution is -2.42. The van der Waals surface area contributed by atoms with Gasteiger partial charge >= 0.3 is 0 Å². The summed E-state index contributed by atoms with van der Waals surface area (Å²) in [4.78, 5) is 14.3. The third-order valence-corrected chi connectivity index (χ3v) is 3.72. The Hall–Kier alpha value is -1.55. The average molecular weight is 248 g/mol. The summed E-state index contributed by atoms with van der Waals surface area (Å²) in [6.45, 7) is 3.48. The highest BCUT2D eigenvalue weighted by atomic mass is 16.5. The van der Waals surface area contributed by atoms with E-state index in [9.17, 15) is 4.79 Å². The molecule has 18 heavy (non-hydrogen) atoms. The van der Waals surface area contributed by atoms with Crippen LogP contribution >= 0.6 is 0 Å². The lowest BCUT2D eigenvalue weighted by molar-refractivity contribution is 0.0727. The van der Waals surface area contributed by atoms with E-state index in [2.05, 4.69) is 6.92 Å². The first-order valence-electron chi connectivity index (χ1n) is 6.32. The number of methoxy groups -OCH3 is 1. The molecule has 0 radical (unpaired) electrons. The molecular formula is C14H20N2O2. The van der Waals surface area contributed by atoms with Crippen LogP contribution in [0.5, 0.6) is 5.75 Å². The largest absolute Gasteiger partial charge is 0.497 e. The second-order valence-corrected chi connectivity index (χ2v) is 4.80. The quantitative estimate of drug-likeness (QED) is 0.882. The van der Waals surface area contributed by atoms with Gasteiger partial charge in [0.25, 0.3) is 5.91 Å². The van der Waals surface area contributed by atoms with Crippen LogP contribution in [0.2, 0.25) is 0 Å². The van der Waals surface area contributed by atoms with Crippen molar-refractivity contribution < 1.29 is 9.53 Å². The standard InChI is InChI=1S/C14H20N2O2/c1-10-7-8-16(13(10)9-15)14(17)11-3-5-12(18-2)6-4-11/h3-6,10,13H,7-9,15H2,1-2H3. The number of likely N-dealkylation sites (tertiary alicyclic amines) is 1. The Labute approximate surface area is 108 Å². The normalized spacial score (nSPS) is 23.2. The van der Waals surface area contributed by atoms with Gasteiger partial charge in [0.2, 0.25) is 0 Å². The lowest BCUT2D eigenvalue weighted by atomic mass is 10.0. The summed E-state index contributed by atoms with van der Waals surface area (Å²) in [6, 6.07) is 7.39. The summed E-state index contributed by atoms with van der Waals surface area (Å²) in [5.41, 5.74) is 6.46. The Balaban J connectivity index is 2.15. The topological polar surface area (TPSA) is 55.6 Å². The van der Waals surface area contributed by atoms with Crippen LogP contribution in [0.1, 0.15) is 23.7 Å². The number of carbonyl (C=O) groups excluding carboxylic acids is 1. The maximum Gasteiger partial charge on any atom is 0.254 e. The molecule has 1 aromatic carbocycles. The van der Waals surface area contributed by atoms with Gasteiger partial charge in [-0.3, -0.25) is 4.79 Å².